The fourth-order valence-corrected chi connectivity index (χ4v) is 2.15. The Morgan fingerprint density at radius 2 is 2.16 bits per heavy atom. The van der Waals surface area contributed by atoms with Gasteiger partial charge in [0.2, 0.25) is 0 Å². The predicted octanol–water partition coefficient (Wildman–Crippen LogP) is 1.20. The first-order chi connectivity index (χ1) is 9.00. The molecule has 0 fully saturated rings. The molecule has 0 amide bonds. The zero-order valence-corrected chi connectivity index (χ0v) is 11.1. The van der Waals surface area contributed by atoms with Crippen LogP contribution in [0.3, 0.4) is 0 Å². The second kappa shape index (κ2) is 5.52. The lowest BCUT2D eigenvalue weighted by atomic mass is 10.1. The first-order valence-electron chi connectivity index (χ1n) is 6.16. The maximum absolute atomic E-state index is 13.8. The molecule has 1 aromatic carbocycles. The molecule has 2 rings (SSSR count). The van der Waals surface area contributed by atoms with E-state index in [9.17, 15) is 8.78 Å². The summed E-state index contributed by atoms with van der Waals surface area (Å²) in [5, 5.41) is 0. The van der Waals surface area contributed by atoms with Crippen LogP contribution in [0.2, 0.25) is 0 Å². The second-order valence-electron chi connectivity index (χ2n) is 4.85. The minimum atomic E-state index is -0.837. The maximum Gasteiger partial charge on any atom is 0.191 e. The first kappa shape index (κ1) is 13.7. The van der Waals surface area contributed by atoms with Crippen LogP contribution in [-0.4, -0.2) is 49.5 Å². The molecule has 6 heteroatoms. The van der Waals surface area contributed by atoms with Crippen LogP contribution < -0.4 is 5.73 Å². The fourth-order valence-electron chi connectivity index (χ4n) is 2.15. The Hall–Kier alpha value is -1.69. The van der Waals surface area contributed by atoms with E-state index in [1.807, 2.05) is 23.9 Å². The molecule has 0 saturated heterocycles. The van der Waals surface area contributed by atoms with Crippen LogP contribution in [0.1, 0.15) is 11.6 Å². The summed E-state index contributed by atoms with van der Waals surface area (Å²) in [5.41, 5.74) is 6.13. The van der Waals surface area contributed by atoms with Crippen molar-refractivity contribution in [3.63, 3.8) is 0 Å². The lowest BCUT2D eigenvalue weighted by Gasteiger charge is -2.28. The summed E-state index contributed by atoms with van der Waals surface area (Å²) in [6.45, 7) is 1.76. The van der Waals surface area contributed by atoms with Crippen molar-refractivity contribution < 1.29 is 8.78 Å². The van der Waals surface area contributed by atoms with E-state index < -0.39 is 11.6 Å². The monoisotopic (exact) mass is 268 g/mol. The Bertz CT molecular complexity index is 488. The molecule has 1 atom stereocenters. The van der Waals surface area contributed by atoms with Gasteiger partial charge >= 0.3 is 0 Å². The molecule has 19 heavy (non-hydrogen) atoms. The minimum Gasteiger partial charge on any atom is -0.370 e. The highest BCUT2D eigenvalue weighted by Crippen LogP contribution is 2.28. The highest BCUT2D eigenvalue weighted by atomic mass is 19.2. The van der Waals surface area contributed by atoms with Gasteiger partial charge in [-0.2, -0.15) is 0 Å². The summed E-state index contributed by atoms with van der Waals surface area (Å²) < 4.78 is 27.1. The number of likely N-dealkylation sites (N-methyl/N-ethyl adjacent to an activating group) is 1. The van der Waals surface area contributed by atoms with Crippen molar-refractivity contribution in [2.75, 3.05) is 33.7 Å². The largest absolute Gasteiger partial charge is 0.370 e. The van der Waals surface area contributed by atoms with Crippen molar-refractivity contribution >= 4 is 5.96 Å². The third kappa shape index (κ3) is 2.84. The highest BCUT2D eigenvalue weighted by molar-refractivity contribution is 5.80. The van der Waals surface area contributed by atoms with Crippen molar-refractivity contribution in [1.82, 2.24) is 9.80 Å². The molecule has 1 aliphatic heterocycles. The number of hydrogen-bond donors (Lipinski definition) is 1. The van der Waals surface area contributed by atoms with Gasteiger partial charge in [0, 0.05) is 18.7 Å². The third-order valence-corrected chi connectivity index (χ3v) is 3.23. The zero-order valence-electron chi connectivity index (χ0n) is 11.1. The molecule has 0 radical (unpaired) electrons. The quantitative estimate of drug-likeness (QED) is 0.892. The molecule has 0 aromatic heterocycles. The van der Waals surface area contributed by atoms with E-state index in [1.54, 1.807) is 6.07 Å². The summed E-state index contributed by atoms with van der Waals surface area (Å²) in [4.78, 5) is 7.96. The SMILES string of the molecule is CN(C)CCN1C(N)=NCC1c1cccc(F)c1F. The summed E-state index contributed by atoms with van der Waals surface area (Å²) >= 11 is 0. The molecule has 2 N–H and O–H groups in total. The van der Waals surface area contributed by atoms with Gasteiger partial charge in [0.15, 0.2) is 17.6 Å². The number of guanidine groups is 1. The Morgan fingerprint density at radius 3 is 2.84 bits per heavy atom. The van der Waals surface area contributed by atoms with Gasteiger partial charge in [0.1, 0.15) is 0 Å². The van der Waals surface area contributed by atoms with Gasteiger partial charge in [0.25, 0.3) is 0 Å². The van der Waals surface area contributed by atoms with E-state index in [0.717, 1.165) is 12.6 Å². The molecule has 0 bridgehead atoms. The van der Waals surface area contributed by atoms with E-state index in [4.69, 9.17) is 5.73 Å². The van der Waals surface area contributed by atoms with E-state index in [-0.39, 0.29) is 6.04 Å². The number of hydrogen-bond acceptors (Lipinski definition) is 4. The van der Waals surface area contributed by atoms with E-state index >= 15 is 0 Å². The van der Waals surface area contributed by atoms with Crippen LogP contribution in [0.5, 0.6) is 0 Å². The minimum absolute atomic E-state index is 0.308. The molecular weight excluding hydrogens is 250 g/mol. The molecule has 4 nitrogen and oxygen atoms in total. The smallest absolute Gasteiger partial charge is 0.191 e. The molecule has 1 unspecified atom stereocenters. The topological polar surface area (TPSA) is 44.9 Å². The molecule has 1 aliphatic rings. The summed E-state index contributed by atoms with van der Waals surface area (Å²) in [7, 11) is 3.89. The fraction of sp³-hybridized carbons (Fsp3) is 0.462. The van der Waals surface area contributed by atoms with Crippen LogP contribution in [0.4, 0.5) is 8.78 Å². The molecule has 0 spiro atoms. The lowest BCUT2D eigenvalue weighted by molar-refractivity contribution is 0.287. The number of nitrogens with zero attached hydrogens (tertiary/aromatic N) is 3. The molecule has 0 aliphatic carbocycles. The predicted molar refractivity (Wildman–Crippen MR) is 70.8 cm³/mol. The third-order valence-electron chi connectivity index (χ3n) is 3.23. The van der Waals surface area contributed by atoms with Gasteiger partial charge in [-0.1, -0.05) is 12.1 Å². The van der Waals surface area contributed by atoms with Crippen LogP contribution in [-0.2, 0) is 0 Å². The summed E-state index contributed by atoms with van der Waals surface area (Å²) in [5.74, 6) is -1.27. The van der Waals surface area contributed by atoms with Crippen molar-refractivity contribution in [2.24, 2.45) is 10.7 Å². The maximum atomic E-state index is 13.8. The average molecular weight is 268 g/mol. The highest BCUT2D eigenvalue weighted by Gasteiger charge is 2.30. The molecule has 1 aromatic rings. The second-order valence-corrected chi connectivity index (χ2v) is 4.85. The number of halogens is 2. The van der Waals surface area contributed by atoms with E-state index in [1.165, 1.54) is 6.07 Å². The number of benzene rings is 1. The normalized spacial score (nSPS) is 19.1. The van der Waals surface area contributed by atoms with Crippen LogP contribution >= 0.6 is 0 Å². The van der Waals surface area contributed by atoms with Gasteiger partial charge in [-0.15, -0.1) is 0 Å². The van der Waals surface area contributed by atoms with Gasteiger partial charge in [-0.25, -0.2) is 8.78 Å². The number of rotatable bonds is 4. The van der Waals surface area contributed by atoms with Crippen molar-refractivity contribution in [2.45, 2.75) is 6.04 Å². The number of aliphatic imine (C=N–C) groups is 1. The molecule has 1 heterocycles. The molecule has 0 saturated carbocycles. The van der Waals surface area contributed by atoms with Crippen molar-refractivity contribution in [3.8, 4) is 0 Å². The zero-order chi connectivity index (χ0) is 14.0. The Morgan fingerprint density at radius 1 is 1.42 bits per heavy atom. The number of nitrogens with two attached hydrogens (primary N) is 1. The van der Waals surface area contributed by atoms with Gasteiger partial charge in [-0.3, -0.25) is 4.99 Å². The molecular formula is C13H18F2N4. The average Bonchev–Trinajstić information content (AvgIpc) is 2.71. The molecule has 104 valence electrons. The Labute approximate surface area is 111 Å². The van der Waals surface area contributed by atoms with Crippen LogP contribution in [0, 0.1) is 11.6 Å². The van der Waals surface area contributed by atoms with Gasteiger partial charge in [-0.05, 0) is 20.2 Å². The Balaban J connectivity index is 2.21. The van der Waals surface area contributed by atoms with E-state index in [2.05, 4.69) is 4.99 Å². The van der Waals surface area contributed by atoms with Gasteiger partial charge in [0.05, 0.1) is 12.6 Å². The summed E-state index contributed by atoms with van der Waals surface area (Å²) in [6.07, 6.45) is 0. The van der Waals surface area contributed by atoms with Crippen molar-refractivity contribution in [3.05, 3.63) is 35.4 Å². The van der Waals surface area contributed by atoms with Crippen molar-refractivity contribution in [1.29, 1.82) is 0 Å². The standard InChI is InChI=1S/C13H18F2N4/c1-18(2)6-7-19-11(8-17-13(19)16)9-4-3-5-10(14)12(9)15/h3-5,11H,6-8H2,1-2H3,(H2,16,17). The first-order valence-corrected chi connectivity index (χ1v) is 6.16. The Kier molecular flexibility index (Phi) is 3.99. The lowest BCUT2D eigenvalue weighted by Crippen LogP contribution is -2.40. The van der Waals surface area contributed by atoms with Crippen LogP contribution in [0.15, 0.2) is 23.2 Å². The summed E-state index contributed by atoms with van der Waals surface area (Å²) in [6, 6.07) is 3.88. The van der Waals surface area contributed by atoms with Gasteiger partial charge < -0.3 is 15.5 Å². The van der Waals surface area contributed by atoms with E-state index in [0.29, 0.717) is 24.6 Å². The van der Waals surface area contributed by atoms with Crippen LogP contribution in [0.25, 0.3) is 0 Å².